The molecule has 100 valence electrons. The van der Waals surface area contributed by atoms with Gasteiger partial charge in [-0.25, -0.2) is 23.1 Å². The molecule has 0 bridgehead atoms. The molecule has 0 aromatic carbocycles. The van der Waals surface area contributed by atoms with Crippen molar-refractivity contribution in [1.29, 1.82) is 0 Å². The van der Waals surface area contributed by atoms with E-state index in [0.717, 1.165) is 0 Å². The molecule has 0 spiro atoms. The van der Waals surface area contributed by atoms with Crippen molar-refractivity contribution >= 4 is 22.0 Å². The second-order valence-electron chi connectivity index (χ2n) is 3.83. The average Bonchev–Trinajstić information content (AvgIpc) is 2.10. The molecule has 9 heteroatoms. The fraction of sp³-hybridized carbons (Fsp3) is 0.750. The number of carbonyl (C=O) groups is 2. The van der Waals surface area contributed by atoms with Gasteiger partial charge in [0.25, 0.3) is 0 Å². The van der Waals surface area contributed by atoms with E-state index < -0.39 is 33.8 Å². The molecule has 2 amide bonds. The molecular weight excluding hydrogens is 250 g/mol. The van der Waals surface area contributed by atoms with Crippen molar-refractivity contribution in [2.24, 2.45) is 11.1 Å². The van der Waals surface area contributed by atoms with Gasteiger partial charge < -0.3 is 15.7 Å². The fourth-order valence-electron chi connectivity index (χ4n) is 1.01. The summed E-state index contributed by atoms with van der Waals surface area (Å²) in [6.07, 6.45) is 0. The Morgan fingerprint density at radius 2 is 1.88 bits per heavy atom. The molecule has 0 radical (unpaired) electrons. The van der Waals surface area contributed by atoms with E-state index in [1.807, 2.05) is 0 Å². The molecule has 0 heterocycles. The monoisotopic (exact) mass is 267 g/mol. The minimum absolute atomic E-state index is 0.172. The van der Waals surface area contributed by atoms with Crippen molar-refractivity contribution in [1.82, 2.24) is 10.6 Å². The molecular formula is C8H17N3O5S. The van der Waals surface area contributed by atoms with Gasteiger partial charge in [-0.05, 0) is 5.92 Å². The Bertz CT molecular complexity index is 379. The summed E-state index contributed by atoms with van der Waals surface area (Å²) in [5, 5.41) is 17.9. The van der Waals surface area contributed by atoms with Crippen molar-refractivity contribution in [2.75, 3.05) is 12.3 Å². The van der Waals surface area contributed by atoms with Crippen LogP contribution in [0, 0.1) is 5.92 Å². The van der Waals surface area contributed by atoms with Crippen molar-refractivity contribution < 1.29 is 23.1 Å². The number of urea groups is 1. The van der Waals surface area contributed by atoms with Crippen LogP contribution in [0.15, 0.2) is 0 Å². The number of nitrogens with one attached hydrogen (secondary N) is 2. The lowest BCUT2D eigenvalue weighted by atomic mass is 10.1. The number of hydrogen-bond donors (Lipinski definition) is 4. The van der Waals surface area contributed by atoms with Crippen LogP contribution in [-0.4, -0.2) is 43.9 Å². The summed E-state index contributed by atoms with van der Waals surface area (Å²) in [6, 6.07) is -1.76. The summed E-state index contributed by atoms with van der Waals surface area (Å²) in [6.45, 7) is 3.11. The van der Waals surface area contributed by atoms with Gasteiger partial charge in [0.05, 0.1) is 5.75 Å². The van der Waals surface area contributed by atoms with Gasteiger partial charge in [-0.2, -0.15) is 0 Å². The molecule has 0 saturated heterocycles. The minimum atomic E-state index is -3.64. The molecule has 0 rings (SSSR count). The number of hydrogen-bond acceptors (Lipinski definition) is 4. The van der Waals surface area contributed by atoms with E-state index >= 15 is 0 Å². The summed E-state index contributed by atoms with van der Waals surface area (Å²) >= 11 is 0. The Labute approximate surface area is 99.6 Å². The van der Waals surface area contributed by atoms with Crippen LogP contribution >= 0.6 is 0 Å². The number of aliphatic carboxylic acids is 1. The molecule has 1 atom stereocenters. The standard InChI is InChI=1S/C8H17N3O5S/c1-5(2)6(7(12)13)11-8(14)10-3-4-17(9,15)16/h5-6H,3-4H2,1-2H3,(H,12,13)(H2,9,15,16)(H2,10,11,14)/t6-/m1/s1. The van der Waals surface area contributed by atoms with E-state index in [-0.39, 0.29) is 12.5 Å². The van der Waals surface area contributed by atoms with Gasteiger partial charge >= 0.3 is 12.0 Å². The molecule has 0 fully saturated rings. The number of carboxylic acid groups (broad SMARTS) is 1. The zero-order chi connectivity index (χ0) is 13.6. The molecule has 0 aliphatic carbocycles. The fourth-order valence-corrected chi connectivity index (χ4v) is 1.40. The normalized spacial score (nSPS) is 13.2. The van der Waals surface area contributed by atoms with Crippen LogP contribution in [0.2, 0.25) is 0 Å². The lowest BCUT2D eigenvalue weighted by Crippen LogP contribution is -2.49. The van der Waals surface area contributed by atoms with E-state index in [4.69, 9.17) is 10.2 Å². The smallest absolute Gasteiger partial charge is 0.326 e. The quantitative estimate of drug-likeness (QED) is 0.473. The van der Waals surface area contributed by atoms with Crippen LogP contribution in [0.1, 0.15) is 13.8 Å². The minimum Gasteiger partial charge on any atom is -0.480 e. The highest BCUT2D eigenvalue weighted by Crippen LogP contribution is 2.00. The van der Waals surface area contributed by atoms with Crippen molar-refractivity contribution in [3.8, 4) is 0 Å². The van der Waals surface area contributed by atoms with Gasteiger partial charge in [-0.15, -0.1) is 0 Å². The maximum Gasteiger partial charge on any atom is 0.326 e. The third-order valence-electron chi connectivity index (χ3n) is 1.89. The van der Waals surface area contributed by atoms with Crippen molar-refractivity contribution in [3.05, 3.63) is 0 Å². The van der Waals surface area contributed by atoms with Crippen molar-refractivity contribution in [3.63, 3.8) is 0 Å². The Kier molecular flexibility index (Phi) is 5.89. The Morgan fingerprint density at radius 3 is 2.24 bits per heavy atom. The van der Waals surface area contributed by atoms with Crippen LogP contribution in [0.3, 0.4) is 0 Å². The second kappa shape index (κ2) is 6.40. The number of amides is 2. The van der Waals surface area contributed by atoms with Gasteiger partial charge in [0.15, 0.2) is 0 Å². The maximum atomic E-state index is 11.2. The number of carboxylic acids is 1. The van der Waals surface area contributed by atoms with E-state index in [9.17, 15) is 18.0 Å². The first-order valence-corrected chi connectivity index (χ1v) is 6.62. The average molecular weight is 267 g/mol. The predicted molar refractivity (Wildman–Crippen MR) is 60.8 cm³/mol. The van der Waals surface area contributed by atoms with Crippen molar-refractivity contribution in [2.45, 2.75) is 19.9 Å². The highest BCUT2D eigenvalue weighted by Gasteiger charge is 2.23. The number of carbonyl (C=O) groups excluding carboxylic acids is 1. The first-order valence-electron chi connectivity index (χ1n) is 4.91. The summed E-state index contributed by atoms with van der Waals surface area (Å²) < 4.78 is 21.1. The summed E-state index contributed by atoms with van der Waals surface area (Å²) in [7, 11) is -3.64. The van der Waals surface area contributed by atoms with E-state index in [0.29, 0.717) is 0 Å². The van der Waals surface area contributed by atoms with Gasteiger partial charge in [0.2, 0.25) is 10.0 Å². The van der Waals surface area contributed by atoms with Gasteiger partial charge in [0.1, 0.15) is 6.04 Å². The van der Waals surface area contributed by atoms with Gasteiger partial charge in [0, 0.05) is 6.54 Å². The molecule has 0 unspecified atom stereocenters. The Balaban J connectivity index is 4.13. The predicted octanol–water partition coefficient (Wildman–Crippen LogP) is -1.32. The molecule has 0 aromatic rings. The Hall–Kier alpha value is -1.35. The third kappa shape index (κ3) is 7.53. The zero-order valence-corrected chi connectivity index (χ0v) is 10.5. The number of primary sulfonamides is 1. The largest absolute Gasteiger partial charge is 0.480 e. The van der Waals surface area contributed by atoms with Crippen LogP contribution in [0.4, 0.5) is 4.79 Å². The molecule has 5 N–H and O–H groups in total. The number of nitrogens with two attached hydrogens (primary N) is 1. The van der Waals surface area contributed by atoms with E-state index in [1.165, 1.54) is 0 Å². The molecule has 0 aliphatic heterocycles. The maximum absolute atomic E-state index is 11.2. The topological polar surface area (TPSA) is 139 Å². The highest BCUT2D eigenvalue weighted by molar-refractivity contribution is 7.89. The summed E-state index contributed by atoms with van der Waals surface area (Å²) in [5.41, 5.74) is 0. The number of rotatable bonds is 6. The lowest BCUT2D eigenvalue weighted by molar-refractivity contribution is -0.140. The van der Waals surface area contributed by atoms with Gasteiger partial charge in [-0.3, -0.25) is 0 Å². The first-order chi connectivity index (χ1) is 7.63. The first kappa shape index (κ1) is 15.7. The van der Waals surface area contributed by atoms with Crippen LogP contribution in [-0.2, 0) is 14.8 Å². The molecule has 0 aliphatic rings. The van der Waals surface area contributed by atoms with E-state index in [1.54, 1.807) is 13.8 Å². The van der Waals surface area contributed by atoms with E-state index in [2.05, 4.69) is 10.6 Å². The van der Waals surface area contributed by atoms with Gasteiger partial charge in [-0.1, -0.05) is 13.8 Å². The second-order valence-corrected chi connectivity index (χ2v) is 5.56. The molecule has 0 aromatic heterocycles. The third-order valence-corrected chi connectivity index (χ3v) is 2.66. The Morgan fingerprint density at radius 1 is 1.35 bits per heavy atom. The van der Waals surface area contributed by atoms with Crippen LogP contribution in [0.25, 0.3) is 0 Å². The highest BCUT2D eigenvalue weighted by atomic mass is 32.2. The zero-order valence-electron chi connectivity index (χ0n) is 9.63. The van der Waals surface area contributed by atoms with Crippen LogP contribution in [0.5, 0.6) is 0 Å². The number of sulfonamides is 1. The molecule has 17 heavy (non-hydrogen) atoms. The summed E-state index contributed by atoms with van der Waals surface area (Å²) in [4.78, 5) is 22.0. The molecule has 0 saturated carbocycles. The SMILES string of the molecule is CC(C)[C@@H](NC(=O)NCCS(N)(=O)=O)C(=O)O. The van der Waals surface area contributed by atoms with Crippen LogP contribution < -0.4 is 15.8 Å². The summed E-state index contributed by atoms with van der Waals surface area (Å²) in [5.74, 6) is -1.84. The molecule has 8 nitrogen and oxygen atoms in total. The lowest BCUT2D eigenvalue weighted by Gasteiger charge is -2.18.